The van der Waals surface area contributed by atoms with E-state index in [1.54, 1.807) is 12.1 Å². The molecule has 1 aromatic rings. The summed E-state index contributed by atoms with van der Waals surface area (Å²) in [5.41, 5.74) is 6.21. The van der Waals surface area contributed by atoms with Crippen LogP contribution in [-0.4, -0.2) is 38.3 Å². The van der Waals surface area contributed by atoms with Gasteiger partial charge in [0.2, 0.25) is 5.91 Å². The lowest BCUT2D eigenvalue weighted by atomic mass is 10.1. The molecule has 25 heavy (non-hydrogen) atoms. The zero-order valence-corrected chi connectivity index (χ0v) is 15.7. The van der Waals surface area contributed by atoms with E-state index in [-0.39, 0.29) is 30.5 Å². The number of amides is 2. The molecule has 1 aromatic carbocycles. The Labute approximate surface area is 152 Å². The Hall–Kier alpha value is -1.80. The van der Waals surface area contributed by atoms with E-state index in [4.69, 9.17) is 16.3 Å². The maximum Gasteiger partial charge on any atom is 0.276 e. The molecule has 1 aliphatic rings. The van der Waals surface area contributed by atoms with Crippen LogP contribution in [0.5, 0.6) is 5.75 Å². The largest absolute Gasteiger partial charge is 0.484 e. The van der Waals surface area contributed by atoms with Crippen LogP contribution in [0.2, 0.25) is 5.02 Å². The summed E-state index contributed by atoms with van der Waals surface area (Å²) in [6.45, 7) is 3.41. The van der Waals surface area contributed by atoms with Crippen molar-refractivity contribution < 1.29 is 22.7 Å². The Morgan fingerprint density at radius 2 is 1.80 bits per heavy atom. The van der Waals surface area contributed by atoms with Crippen molar-refractivity contribution in [3.63, 3.8) is 0 Å². The molecule has 138 valence electrons. The van der Waals surface area contributed by atoms with Gasteiger partial charge in [-0.3, -0.25) is 20.4 Å². The second kappa shape index (κ2) is 8.05. The van der Waals surface area contributed by atoms with Crippen LogP contribution in [0.3, 0.4) is 0 Å². The smallest absolute Gasteiger partial charge is 0.276 e. The highest BCUT2D eigenvalue weighted by Crippen LogP contribution is 2.25. The van der Waals surface area contributed by atoms with Gasteiger partial charge < -0.3 is 4.74 Å². The molecule has 9 heteroatoms. The van der Waals surface area contributed by atoms with Gasteiger partial charge in [-0.05, 0) is 49.4 Å². The van der Waals surface area contributed by atoms with Crippen LogP contribution in [0, 0.1) is 19.8 Å². The van der Waals surface area contributed by atoms with Crippen molar-refractivity contribution in [1.82, 2.24) is 10.9 Å². The molecule has 2 N–H and O–H groups in total. The fourth-order valence-corrected chi connectivity index (χ4v) is 4.63. The Balaban J connectivity index is 1.73. The summed E-state index contributed by atoms with van der Waals surface area (Å²) >= 11 is 6.06. The molecule has 1 fully saturated rings. The van der Waals surface area contributed by atoms with Crippen molar-refractivity contribution in [1.29, 1.82) is 0 Å². The first kappa shape index (κ1) is 19.5. The number of sulfone groups is 1. The summed E-state index contributed by atoms with van der Waals surface area (Å²) in [5, 5.41) is 0.651. The van der Waals surface area contributed by atoms with E-state index in [2.05, 4.69) is 10.9 Å². The first-order valence-electron chi connectivity index (χ1n) is 7.84. The fourth-order valence-electron chi connectivity index (χ4n) is 2.66. The van der Waals surface area contributed by atoms with Gasteiger partial charge in [-0.15, -0.1) is 0 Å². The molecular formula is C16H21ClN2O5S. The summed E-state index contributed by atoms with van der Waals surface area (Å²) in [6.07, 6.45) is 0.540. The summed E-state index contributed by atoms with van der Waals surface area (Å²) in [7, 11) is -3.02. The maximum atomic E-state index is 11.7. The van der Waals surface area contributed by atoms with Crippen molar-refractivity contribution in [2.45, 2.75) is 26.7 Å². The highest BCUT2D eigenvalue weighted by molar-refractivity contribution is 7.91. The summed E-state index contributed by atoms with van der Waals surface area (Å²) in [5.74, 6) is -0.487. The Bertz CT molecular complexity index is 756. The van der Waals surface area contributed by atoms with E-state index in [9.17, 15) is 18.0 Å². The molecule has 0 spiro atoms. The minimum Gasteiger partial charge on any atom is -0.484 e. The van der Waals surface area contributed by atoms with E-state index in [1.165, 1.54) is 0 Å². The Morgan fingerprint density at radius 3 is 2.36 bits per heavy atom. The van der Waals surface area contributed by atoms with E-state index >= 15 is 0 Å². The lowest BCUT2D eigenvalue weighted by Gasteiger charge is -2.12. The third-order valence-corrected chi connectivity index (χ3v) is 6.36. The molecule has 1 saturated heterocycles. The lowest BCUT2D eigenvalue weighted by molar-refractivity contribution is -0.130. The summed E-state index contributed by atoms with van der Waals surface area (Å²) < 4.78 is 28.1. The van der Waals surface area contributed by atoms with Crippen molar-refractivity contribution in [3.05, 3.63) is 28.3 Å². The number of benzene rings is 1. The van der Waals surface area contributed by atoms with E-state index in [0.29, 0.717) is 17.2 Å². The van der Waals surface area contributed by atoms with Crippen molar-refractivity contribution in [3.8, 4) is 5.75 Å². The average molecular weight is 389 g/mol. The maximum absolute atomic E-state index is 11.7. The number of aryl methyl sites for hydroxylation is 2. The number of nitrogens with one attached hydrogen (secondary N) is 2. The SMILES string of the molecule is Cc1cc(OCC(=O)NNC(=O)C[C@@H]2CCS(=O)(=O)C2)cc(C)c1Cl. The summed E-state index contributed by atoms with van der Waals surface area (Å²) in [6, 6.07) is 3.45. The van der Waals surface area contributed by atoms with Crippen LogP contribution in [-0.2, 0) is 19.4 Å². The van der Waals surface area contributed by atoms with Crippen molar-refractivity contribution in [2.24, 2.45) is 5.92 Å². The molecule has 0 unspecified atom stereocenters. The molecule has 0 aliphatic carbocycles. The van der Waals surface area contributed by atoms with Gasteiger partial charge in [0.05, 0.1) is 11.5 Å². The Kier molecular flexibility index (Phi) is 6.29. The van der Waals surface area contributed by atoms with Gasteiger partial charge >= 0.3 is 0 Å². The number of ether oxygens (including phenoxy) is 1. The van der Waals surface area contributed by atoms with Gasteiger partial charge in [0.15, 0.2) is 16.4 Å². The molecule has 1 aliphatic heterocycles. The normalized spacial score (nSPS) is 18.6. The topological polar surface area (TPSA) is 102 Å². The van der Waals surface area contributed by atoms with Crippen LogP contribution in [0.25, 0.3) is 0 Å². The molecule has 2 rings (SSSR count). The molecule has 1 atom stereocenters. The van der Waals surface area contributed by atoms with Crippen LogP contribution >= 0.6 is 11.6 Å². The third kappa shape index (κ3) is 5.89. The number of hydrogen-bond donors (Lipinski definition) is 2. The van der Waals surface area contributed by atoms with E-state index < -0.39 is 21.7 Å². The van der Waals surface area contributed by atoms with Gasteiger partial charge in [-0.1, -0.05) is 11.6 Å². The minimum absolute atomic E-state index is 0.0206. The Morgan fingerprint density at radius 1 is 1.20 bits per heavy atom. The zero-order valence-electron chi connectivity index (χ0n) is 14.1. The van der Waals surface area contributed by atoms with Crippen LogP contribution in [0.4, 0.5) is 0 Å². The average Bonchev–Trinajstić information content (AvgIpc) is 2.87. The van der Waals surface area contributed by atoms with Gasteiger partial charge in [0, 0.05) is 11.4 Å². The first-order chi connectivity index (χ1) is 11.7. The standard InChI is InChI=1S/C16H21ClN2O5S/c1-10-5-13(6-11(2)16(10)17)24-8-15(21)19-18-14(20)7-12-3-4-25(22,23)9-12/h5-6,12H,3-4,7-9H2,1-2H3,(H,18,20)(H,19,21)/t12-/m0/s1. The van der Waals surface area contributed by atoms with Gasteiger partial charge in [-0.25, -0.2) is 8.42 Å². The number of halogens is 1. The quantitative estimate of drug-likeness (QED) is 0.740. The highest BCUT2D eigenvalue weighted by Gasteiger charge is 2.29. The van der Waals surface area contributed by atoms with E-state index in [1.807, 2.05) is 13.8 Å². The second-order valence-corrected chi connectivity index (χ2v) is 8.84. The number of rotatable bonds is 5. The summed E-state index contributed by atoms with van der Waals surface area (Å²) in [4.78, 5) is 23.5. The molecule has 0 radical (unpaired) electrons. The van der Waals surface area contributed by atoms with Crippen molar-refractivity contribution >= 4 is 33.3 Å². The van der Waals surface area contributed by atoms with Gasteiger partial charge in [-0.2, -0.15) is 0 Å². The number of carbonyl (C=O) groups is 2. The molecule has 0 saturated carbocycles. The number of hydrazine groups is 1. The second-order valence-electron chi connectivity index (χ2n) is 6.23. The number of carbonyl (C=O) groups excluding carboxylic acids is 2. The monoisotopic (exact) mass is 388 g/mol. The zero-order chi connectivity index (χ0) is 18.6. The first-order valence-corrected chi connectivity index (χ1v) is 10.0. The molecule has 1 heterocycles. The number of hydrogen-bond acceptors (Lipinski definition) is 5. The minimum atomic E-state index is -3.02. The van der Waals surface area contributed by atoms with Crippen LogP contribution in [0.15, 0.2) is 12.1 Å². The van der Waals surface area contributed by atoms with Crippen molar-refractivity contribution in [2.75, 3.05) is 18.1 Å². The van der Waals surface area contributed by atoms with E-state index in [0.717, 1.165) is 11.1 Å². The third-order valence-electron chi connectivity index (χ3n) is 3.92. The molecule has 2 amide bonds. The predicted octanol–water partition coefficient (Wildman–Crippen LogP) is 1.31. The molecular weight excluding hydrogens is 368 g/mol. The highest BCUT2D eigenvalue weighted by atomic mass is 35.5. The van der Waals surface area contributed by atoms with Crippen LogP contribution < -0.4 is 15.6 Å². The van der Waals surface area contributed by atoms with Crippen LogP contribution in [0.1, 0.15) is 24.0 Å². The van der Waals surface area contributed by atoms with Gasteiger partial charge in [0.1, 0.15) is 5.75 Å². The molecule has 0 bridgehead atoms. The molecule has 0 aromatic heterocycles. The van der Waals surface area contributed by atoms with Gasteiger partial charge in [0.25, 0.3) is 5.91 Å². The predicted molar refractivity (Wildman–Crippen MR) is 94.1 cm³/mol. The lowest BCUT2D eigenvalue weighted by Crippen LogP contribution is -2.44. The fraction of sp³-hybridized carbons (Fsp3) is 0.500. The molecule has 7 nitrogen and oxygen atoms in total.